The molecule has 1 saturated carbocycles. The van der Waals surface area contributed by atoms with Crippen molar-refractivity contribution in [3.8, 4) is 11.1 Å². The van der Waals surface area contributed by atoms with E-state index < -0.39 is 0 Å². The summed E-state index contributed by atoms with van der Waals surface area (Å²) in [5, 5.41) is 0. The summed E-state index contributed by atoms with van der Waals surface area (Å²) in [6.45, 7) is 0. The lowest BCUT2D eigenvalue weighted by Gasteiger charge is -2.28. The molecule has 2 aliphatic rings. The first kappa shape index (κ1) is 11.9. The maximum absolute atomic E-state index is 11.9. The summed E-state index contributed by atoms with van der Waals surface area (Å²) in [7, 11) is 0. The highest BCUT2D eigenvalue weighted by molar-refractivity contribution is 6.02. The van der Waals surface area contributed by atoms with Crippen LogP contribution in [0.3, 0.4) is 0 Å². The second kappa shape index (κ2) is 4.59. The van der Waals surface area contributed by atoms with Gasteiger partial charge >= 0.3 is 0 Å². The molecule has 1 nitrogen and oxygen atoms in total. The Morgan fingerprint density at radius 1 is 0.800 bits per heavy atom. The Morgan fingerprint density at radius 3 is 2.35 bits per heavy atom. The number of rotatable bonds is 2. The van der Waals surface area contributed by atoms with Crippen molar-refractivity contribution < 1.29 is 4.79 Å². The van der Waals surface area contributed by atoms with E-state index in [0.717, 1.165) is 17.9 Å². The molecule has 0 N–H and O–H groups in total. The van der Waals surface area contributed by atoms with Gasteiger partial charge in [0.2, 0.25) is 0 Å². The maximum atomic E-state index is 11.9. The van der Waals surface area contributed by atoms with Crippen LogP contribution in [0.2, 0.25) is 0 Å². The van der Waals surface area contributed by atoms with Gasteiger partial charge in [0.25, 0.3) is 0 Å². The van der Waals surface area contributed by atoms with Gasteiger partial charge in [0.15, 0.2) is 5.78 Å². The van der Waals surface area contributed by atoms with E-state index in [-0.39, 0.29) is 0 Å². The number of benzene rings is 2. The average molecular weight is 262 g/mol. The summed E-state index contributed by atoms with van der Waals surface area (Å²) in [5.74, 6) is 1.03. The zero-order valence-corrected chi connectivity index (χ0v) is 11.6. The molecule has 20 heavy (non-hydrogen) atoms. The Hall–Kier alpha value is -1.89. The fraction of sp³-hybridized carbons (Fsp3) is 0.316. The topological polar surface area (TPSA) is 17.1 Å². The lowest BCUT2D eigenvalue weighted by atomic mass is 9.76. The summed E-state index contributed by atoms with van der Waals surface area (Å²) < 4.78 is 0. The van der Waals surface area contributed by atoms with E-state index in [0.29, 0.717) is 12.2 Å². The minimum absolute atomic E-state index is 0.308. The molecule has 0 heterocycles. The highest BCUT2D eigenvalue weighted by Crippen LogP contribution is 2.43. The zero-order valence-electron chi connectivity index (χ0n) is 11.6. The van der Waals surface area contributed by atoms with E-state index in [9.17, 15) is 4.79 Å². The molecule has 2 aromatic carbocycles. The fourth-order valence-electron chi connectivity index (χ4n) is 3.56. The molecule has 0 bridgehead atoms. The predicted molar refractivity (Wildman–Crippen MR) is 81.1 cm³/mol. The van der Waals surface area contributed by atoms with Crippen LogP contribution in [0.5, 0.6) is 0 Å². The minimum atomic E-state index is 0.308. The summed E-state index contributed by atoms with van der Waals surface area (Å²) in [6, 6.07) is 15.0. The molecule has 1 heteroatoms. The van der Waals surface area contributed by atoms with Crippen molar-refractivity contribution in [3.63, 3.8) is 0 Å². The van der Waals surface area contributed by atoms with Crippen LogP contribution in [0.4, 0.5) is 0 Å². The second-order valence-electron chi connectivity index (χ2n) is 5.97. The number of ketones is 1. The molecular formula is C19H18O. The fourth-order valence-corrected chi connectivity index (χ4v) is 3.56. The summed E-state index contributed by atoms with van der Waals surface area (Å²) in [6.07, 6.45) is 5.56. The van der Waals surface area contributed by atoms with Crippen molar-refractivity contribution in [3.05, 3.63) is 59.2 Å². The minimum Gasteiger partial charge on any atom is -0.294 e. The van der Waals surface area contributed by atoms with Crippen LogP contribution in [0.15, 0.2) is 42.5 Å². The molecular weight excluding hydrogens is 244 g/mol. The summed E-state index contributed by atoms with van der Waals surface area (Å²) in [5.41, 5.74) is 6.33. The third-order valence-corrected chi connectivity index (χ3v) is 4.87. The molecule has 0 radical (unpaired) electrons. The number of carbonyl (C=O) groups excluding carboxylic acids is 1. The lowest BCUT2D eigenvalue weighted by Crippen LogP contribution is -2.10. The van der Waals surface area contributed by atoms with E-state index in [4.69, 9.17) is 0 Å². The maximum Gasteiger partial charge on any atom is 0.163 e. The van der Waals surface area contributed by atoms with Gasteiger partial charge in [-0.2, -0.15) is 0 Å². The molecule has 0 saturated heterocycles. The van der Waals surface area contributed by atoms with Gasteiger partial charge in [-0.1, -0.05) is 48.9 Å². The monoisotopic (exact) mass is 262 g/mol. The molecule has 0 spiro atoms. The third kappa shape index (κ3) is 1.73. The smallest absolute Gasteiger partial charge is 0.163 e. The lowest BCUT2D eigenvalue weighted by molar-refractivity contribution is 0.0994. The molecule has 4 rings (SSSR count). The van der Waals surface area contributed by atoms with Gasteiger partial charge in [0.05, 0.1) is 0 Å². The Kier molecular flexibility index (Phi) is 2.73. The molecule has 2 aliphatic carbocycles. The standard InChI is InChI=1S/C19H18O/c20-19-12-11-17-16(9-4-10-18(17)19)15-8-2-1-7-14(15)13-5-3-6-13/h1-2,4,7-10,13H,3,5-6,11-12H2. The van der Waals surface area contributed by atoms with Crippen molar-refractivity contribution in [2.24, 2.45) is 0 Å². The number of fused-ring (bicyclic) bond motifs is 1. The number of Topliss-reactive ketones (excluding diaryl/α,β-unsaturated/α-hetero) is 1. The Labute approximate surface area is 119 Å². The van der Waals surface area contributed by atoms with Crippen molar-refractivity contribution in [2.45, 2.75) is 38.0 Å². The van der Waals surface area contributed by atoms with Crippen LogP contribution in [-0.4, -0.2) is 5.78 Å². The molecule has 0 unspecified atom stereocenters. The Bertz CT molecular complexity index is 680. The van der Waals surface area contributed by atoms with Crippen LogP contribution in [0, 0.1) is 0 Å². The van der Waals surface area contributed by atoms with Crippen molar-refractivity contribution in [1.29, 1.82) is 0 Å². The van der Waals surface area contributed by atoms with E-state index in [2.05, 4.69) is 30.3 Å². The van der Waals surface area contributed by atoms with Crippen molar-refractivity contribution in [1.82, 2.24) is 0 Å². The molecule has 2 aromatic rings. The highest BCUT2D eigenvalue weighted by Gasteiger charge is 2.26. The Morgan fingerprint density at radius 2 is 1.55 bits per heavy atom. The molecule has 0 amide bonds. The third-order valence-electron chi connectivity index (χ3n) is 4.87. The highest BCUT2D eigenvalue weighted by atomic mass is 16.1. The molecule has 0 atom stereocenters. The second-order valence-corrected chi connectivity index (χ2v) is 5.97. The summed E-state index contributed by atoms with van der Waals surface area (Å²) >= 11 is 0. The summed E-state index contributed by atoms with van der Waals surface area (Å²) in [4.78, 5) is 11.9. The Balaban J connectivity index is 1.88. The van der Waals surface area contributed by atoms with Gasteiger partial charge in [-0.05, 0) is 47.4 Å². The average Bonchev–Trinajstić information content (AvgIpc) is 2.80. The predicted octanol–water partition coefficient (Wildman–Crippen LogP) is 4.75. The number of hydrogen-bond acceptors (Lipinski definition) is 1. The van der Waals surface area contributed by atoms with E-state index in [1.54, 1.807) is 0 Å². The van der Waals surface area contributed by atoms with Gasteiger partial charge in [0.1, 0.15) is 0 Å². The normalized spacial score (nSPS) is 17.9. The van der Waals surface area contributed by atoms with Crippen LogP contribution < -0.4 is 0 Å². The van der Waals surface area contributed by atoms with E-state index in [1.165, 1.54) is 41.5 Å². The van der Waals surface area contributed by atoms with Gasteiger partial charge in [-0.15, -0.1) is 0 Å². The molecule has 1 fully saturated rings. The zero-order chi connectivity index (χ0) is 13.5. The quantitative estimate of drug-likeness (QED) is 0.763. The van der Waals surface area contributed by atoms with Gasteiger partial charge in [0, 0.05) is 12.0 Å². The SMILES string of the molecule is O=C1CCc2c1cccc2-c1ccccc1C1CCC1. The number of hydrogen-bond donors (Lipinski definition) is 0. The van der Waals surface area contributed by atoms with Gasteiger partial charge < -0.3 is 0 Å². The van der Waals surface area contributed by atoms with E-state index >= 15 is 0 Å². The van der Waals surface area contributed by atoms with Crippen molar-refractivity contribution in [2.75, 3.05) is 0 Å². The number of carbonyl (C=O) groups is 1. The molecule has 0 aromatic heterocycles. The first-order valence-corrected chi connectivity index (χ1v) is 7.59. The largest absolute Gasteiger partial charge is 0.294 e. The van der Waals surface area contributed by atoms with Crippen LogP contribution >= 0.6 is 0 Å². The van der Waals surface area contributed by atoms with Gasteiger partial charge in [-0.3, -0.25) is 4.79 Å². The first-order valence-electron chi connectivity index (χ1n) is 7.59. The molecule has 0 aliphatic heterocycles. The van der Waals surface area contributed by atoms with Crippen LogP contribution in [-0.2, 0) is 6.42 Å². The van der Waals surface area contributed by atoms with E-state index in [1.807, 2.05) is 12.1 Å². The first-order chi connectivity index (χ1) is 9.84. The van der Waals surface area contributed by atoms with Crippen LogP contribution in [0.25, 0.3) is 11.1 Å². The molecule has 100 valence electrons. The van der Waals surface area contributed by atoms with Crippen LogP contribution in [0.1, 0.15) is 53.1 Å². The van der Waals surface area contributed by atoms with Gasteiger partial charge in [-0.25, -0.2) is 0 Å². The van der Waals surface area contributed by atoms with Crippen molar-refractivity contribution >= 4 is 5.78 Å².